The molecule has 0 heterocycles. The largest absolute Gasteiger partial charge is 0.330 e. The van der Waals surface area contributed by atoms with Gasteiger partial charge < -0.3 is 5.73 Å². The Morgan fingerprint density at radius 3 is 2.37 bits per heavy atom. The van der Waals surface area contributed by atoms with Crippen LogP contribution in [0.5, 0.6) is 0 Å². The lowest BCUT2D eigenvalue weighted by molar-refractivity contribution is 0.236. The van der Waals surface area contributed by atoms with Crippen LogP contribution in [0.3, 0.4) is 0 Å². The van der Waals surface area contributed by atoms with E-state index in [1.165, 1.54) is 36.8 Å². The van der Waals surface area contributed by atoms with E-state index in [2.05, 4.69) is 45.0 Å². The summed E-state index contributed by atoms with van der Waals surface area (Å²) in [7, 11) is 0. The van der Waals surface area contributed by atoms with Gasteiger partial charge in [0.2, 0.25) is 0 Å². The molecule has 1 aromatic carbocycles. The maximum absolute atomic E-state index is 6.00. The summed E-state index contributed by atoms with van der Waals surface area (Å²) >= 11 is 0. The molecule has 1 fully saturated rings. The van der Waals surface area contributed by atoms with Gasteiger partial charge in [0, 0.05) is 0 Å². The second kappa shape index (κ2) is 6.56. The predicted molar refractivity (Wildman–Crippen MR) is 83.4 cm³/mol. The second-order valence-corrected chi connectivity index (χ2v) is 6.51. The molecule has 1 heteroatoms. The first-order valence-electron chi connectivity index (χ1n) is 7.95. The SMILES string of the molecule is CCC1CCC(CN)C(c2ccc(C(C)C)cc2)C1. The fraction of sp³-hybridized carbons (Fsp3) is 0.667. The van der Waals surface area contributed by atoms with Crippen molar-refractivity contribution in [3.8, 4) is 0 Å². The Balaban J connectivity index is 2.16. The Labute approximate surface area is 118 Å². The Hall–Kier alpha value is -0.820. The zero-order chi connectivity index (χ0) is 13.8. The number of hydrogen-bond donors (Lipinski definition) is 1. The molecule has 0 radical (unpaired) electrons. The third kappa shape index (κ3) is 3.39. The van der Waals surface area contributed by atoms with Gasteiger partial charge in [-0.3, -0.25) is 0 Å². The summed E-state index contributed by atoms with van der Waals surface area (Å²) in [4.78, 5) is 0. The molecule has 106 valence electrons. The molecule has 3 atom stereocenters. The van der Waals surface area contributed by atoms with Crippen LogP contribution in [0.2, 0.25) is 0 Å². The van der Waals surface area contributed by atoms with Crippen LogP contribution in [0, 0.1) is 11.8 Å². The molecule has 2 N–H and O–H groups in total. The minimum absolute atomic E-state index is 0.620. The van der Waals surface area contributed by atoms with Crippen molar-refractivity contribution in [3.63, 3.8) is 0 Å². The number of benzene rings is 1. The molecule has 1 aliphatic carbocycles. The first kappa shape index (κ1) is 14.6. The fourth-order valence-corrected chi connectivity index (χ4v) is 3.51. The van der Waals surface area contributed by atoms with E-state index in [9.17, 15) is 0 Å². The lowest BCUT2D eigenvalue weighted by Crippen LogP contribution is -2.28. The molecule has 3 unspecified atom stereocenters. The van der Waals surface area contributed by atoms with E-state index in [4.69, 9.17) is 5.73 Å². The van der Waals surface area contributed by atoms with Gasteiger partial charge in [0.15, 0.2) is 0 Å². The molecule has 1 nitrogen and oxygen atoms in total. The van der Waals surface area contributed by atoms with Crippen LogP contribution in [0.4, 0.5) is 0 Å². The maximum atomic E-state index is 6.00. The summed E-state index contributed by atoms with van der Waals surface area (Å²) in [5.74, 6) is 2.89. The van der Waals surface area contributed by atoms with Crippen LogP contribution in [-0.2, 0) is 0 Å². The molecule has 1 aromatic rings. The van der Waals surface area contributed by atoms with Crippen molar-refractivity contribution in [1.82, 2.24) is 0 Å². The van der Waals surface area contributed by atoms with Crippen molar-refractivity contribution < 1.29 is 0 Å². The fourth-order valence-electron chi connectivity index (χ4n) is 3.51. The van der Waals surface area contributed by atoms with E-state index >= 15 is 0 Å². The van der Waals surface area contributed by atoms with Gasteiger partial charge in [0.25, 0.3) is 0 Å². The Morgan fingerprint density at radius 1 is 1.16 bits per heavy atom. The van der Waals surface area contributed by atoms with Crippen LogP contribution in [-0.4, -0.2) is 6.54 Å². The van der Waals surface area contributed by atoms with Crippen molar-refractivity contribution in [3.05, 3.63) is 35.4 Å². The highest BCUT2D eigenvalue weighted by atomic mass is 14.6. The first-order valence-corrected chi connectivity index (χ1v) is 7.95. The summed E-state index contributed by atoms with van der Waals surface area (Å²) in [5, 5.41) is 0. The van der Waals surface area contributed by atoms with Crippen LogP contribution in [0.25, 0.3) is 0 Å². The third-order valence-corrected chi connectivity index (χ3v) is 5.01. The number of rotatable bonds is 4. The molecular weight excluding hydrogens is 230 g/mol. The summed E-state index contributed by atoms with van der Waals surface area (Å²) in [6.07, 6.45) is 5.34. The Morgan fingerprint density at radius 2 is 1.84 bits per heavy atom. The van der Waals surface area contributed by atoms with E-state index in [0.717, 1.165) is 12.5 Å². The Bertz CT molecular complexity index is 379. The zero-order valence-electron chi connectivity index (χ0n) is 12.7. The maximum Gasteiger partial charge on any atom is -0.00430 e. The average Bonchev–Trinajstić information content (AvgIpc) is 2.46. The molecule has 0 amide bonds. The minimum Gasteiger partial charge on any atom is -0.330 e. The van der Waals surface area contributed by atoms with Crippen molar-refractivity contribution in [2.24, 2.45) is 17.6 Å². The van der Waals surface area contributed by atoms with Gasteiger partial charge in [-0.25, -0.2) is 0 Å². The molecule has 1 saturated carbocycles. The number of hydrogen-bond acceptors (Lipinski definition) is 1. The molecule has 2 rings (SSSR count). The topological polar surface area (TPSA) is 26.0 Å². The molecular formula is C18H29N. The lowest BCUT2D eigenvalue weighted by atomic mass is 9.70. The molecule has 0 aromatic heterocycles. The monoisotopic (exact) mass is 259 g/mol. The smallest absolute Gasteiger partial charge is 0.00430 e. The summed E-state index contributed by atoms with van der Waals surface area (Å²) < 4.78 is 0. The highest BCUT2D eigenvalue weighted by Crippen LogP contribution is 2.41. The van der Waals surface area contributed by atoms with Crippen LogP contribution in [0.1, 0.15) is 69.4 Å². The van der Waals surface area contributed by atoms with E-state index in [-0.39, 0.29) is 0 Å². The van der Waals surface area contributed by atoms with Gasteiger partial charge in [-0.1, -0.05) is 57.9 Å². The summed E-state index contributed by atoms with van der Waals surface area (Å²) in [5.41, 5.74) is 8.95. The normalized spacial score (nSPS) is 27.7. The highest BCUT2D eigenvalue weighted by molar-refractivity contribution is 5.28. The van der Waals surface area contributed by atoms with Gasteiger partial charge in [-0.15, -0.1) is 0 Å². The van der Waals surface area contributed by atoms with Crippen molar-refractivity contribution in [2.75, 3.05) is 6.54 Å². The van der Waals surface area contributed by atoms with Gasteiger partial charge in [-0.05, 0) is 54.2 Å². The third-order valence-electron chi connectivity index (χ3n) is 5.01. The van der Waals surface area contributed by atoms with Crippen molar-refractivity contribution in [1.29, 1.82) is 0 Å². The highest BCUT2D eigenvalue weighted by Gasteiger charge is 2.29. The zero-order valence-corrected chi connectivity index (χ0v) is 12.7. The van der Waals surface area contributed by atoms with Gasteiger partial charge >= 0.3 is 0 Å². The van der Waals surface area contributed by atoms with E-state index in [0.29, 0.717) is 17.8 Å². The summed E-state index contributed by atoms with van der Waals surface area (Å²) in [6.45, 7) is 7.68. The lowest BCUT2D eigenvalue weighted by Gasteiger charge is -2.36. The minimum atomic E-state index is 0.620. The molecule has 0 spiro atoms. The van der Waals surface area contributed by atoms with Crippen LogP contribution >= 0.6 is 0 Å². The second-order valence-electron chi connectivity index (χ2n) is 6.51. The average molecular weight is 259 g/mol. The van der Waals surface area contributed by atoms with Crippen LogP contribution in [0.15, 0.2) is 24.3 Å². The van der Waals surface area contributed by atoms with E-state index in [1.54, 1.807) is 0 Å². The molecule has 19 heavy (non-hydrogen) atoms. The quantitative estimate of drug-likeness (QED) is 0.835. The standard InChI is InChI=1S/C18H29N/c1-4-14-5-6-17(12-19)18(11-14)16-9-7-15(8-10-16)13(2)3/h7-10,13-14,17-18H,4-6,11-12,19H2,1-3H3. The first-order chi connectivity index (χ1) is 9.15. The van der Waals surface area contributed by atoms with Gasteiger partial charge in [0.1, 0.15) is 0 Å². The van der Waals surface area contributed by atoms with E-state index in [1.807, 2.05) is 0 Å². The van der Waals surface area contributed by atoms with Gasteiger partial charge in [-0.2, -0.15) is 0 Å². The molecule has 0 saturated heterocycles. The van der Waals surface area contributed by atoms with Crippen LogP contribution < -0.4 is 5.73 Å². The molecule has 1 aliphatic rings. The Kier molecular flexibility index (Phi) is 5.04. The van der Waals surface area contributed by atoms with Gasteiger partial charge in [0.05, 0.1) is 0 Å². The van der Waals surface area contributed by atoms with Crippen molar-refractivity contribution >= 4 is 0 Å². The summed E-state index contributed by atoms with van der Waals surface area (Å²) in [6, 6.07) is 9.31. The van der Waals surface area contributed by atoms with Crippen molar-refractivity contribution in [2.45, 2.75) is 58.3 Å². The number of nitrogens with two attached hydrogens (primary N) is 1. The predicted octanol–water partition coefficient (Wildman–Crippen LogP) is 4.68. The molecule has 0 aliphatic heterocycles. The molecule has 0 bridgehead atoms. The van der Waals surface area contributed by atoms with E-state index < -0.39 is 0 Å².